The molecule has 1 aromatic carbocycles. The third-order valence-electron chi connectivity index (χ3n) is 3.62. The quantitative estimate of drug-likeness (QED) is 0.780. The summed E-state index contributed by atoms with van der Waals surface area (Å²) < 4.78 is 17.8. The maximum Gasteiger partial charge on any atom is 0.205 e. The molecule has 1 aromatic rings. The van der Waals surface area contributed by atoms with E-state index < -0.39 is 5.79 Å². The van der Waals surface area contributed by atoms with E-state index in [2.05, 4.69) is 35.8 Å². The standard InChI is InChI=1S/C15H19BrO3/c1-10-8-17-15(9-16,18-10)12-4-5-13-11(6-12)7-14(2,3)19-13/h4-6,10H,7-9H2,1-3H3. The van der Waals surface area contributed by atoms with Gasteiger partial charge in [0.05, 0.1) is 18.0 Å². The third kappa shape index (κ3) is 2.30. The Morgan fingerprint density at radius 2 is 2.16 bits per heavy atom. The second-order valence-corrected chi connectivity index (χ2v) is 6.55. The van der Waals surface area contributed by atoms with Crippen LogP contribution in [-0.4, -0.2) is 23.6 Å². The van der Waals surface area contributed by atoms with Gasteiger partial charge in [0.2, 0.25) is 5.79 Å². The fourth-order valence-corrected chi connectivity index (χ4v) is 3.41. The van der Waals surface area contributed by atoms with Gasteiger partial charge in [0.15, 0.2) is 0 Å². The Morgan fingerprint density at radius 3 is 2.79 bits per heavy atom. The van der Waals surface area contributed by atoms with E-state index in [4.69, 9.17) is 14.2 Å². The van der Waals surface area contributed by atoms with Crippen molar-refractivity contribution in [2.75, 3.05) is 11.9 Å². The summed E-state index contributed by atoms with van der Waals surface area (Å²) in [5.74, 6) is 0.325. The van der Waals surface area contributed by atoms with Gasteiger partial charge in [-0.05, 0) is 44.5 Å². The number of halogens is 1. The Labute approximate surface area is 122 Å². The minimum Gasteiger partial charge on any atom is -0.487 e. The molecule has 1 saturated heterocycles. The van der Waals surface area contributed by atoms with Gasteiger partial charge in [-0.25, -0.2) is 0 Å². The normalized spacial score (nSPS) is 32.1. The lowest BCUT2D eigenvalue weighted by Gasteiger charge is -2.26. The first-order valence-corrected chi connectivity index (χ1v) is 7.76. The summed E-state index contributed by atoms with van der Waals surface area (Å²) in [7, 11) is 0. The number of benzene rings is 1. The SMILES string of the molecule is CC1COC(CBr)(c2ccc3c(c2)CC(C)(C)O3)O1. The van der Waals surface area contributed by atoms with Crippen LogP contribution in [0.3, 0.4) is 0 Å². The molecule has 2 aliphatic rings. The number of hydrogen-bond donors (Lipinski definition) is 0. The monoisotopic (exact) mass is 326 g/mol. The number of hydrogen-bond acceptors (Lipinski definition) is 3. The summed E-state index contributed by atoms with van der Waals surface area (Å²) >= 11 is 3.52. The molecule has 0 saturated carbocycles. The first-order valence-electron chi connectivity index (χ1n) is 6.64. The summed E-state index contributed by atoms with van der Waals surface area (Å²) in [5, 5.41) is 0.632. The van der Waals surface area contributed by atoms with Crippen LogP contribution in [0.2, 0.25) is 0 Å². The minimum absolute atomic E-state index is 0.118. The topological polar surface area (TPSA) is 27.7 Å². The molecule has 0 amide bonds. The molecule has 19 heavy (non-hydrogen) atoms. The molecule has 1 fully saturated rings. The highest BCUT2D eigenvalue weighted by molar-refractivity contribution is 9.09. The van der Waals surface area contributed by atoms with Crippen LogP contribution in [0.4, 0.5) is 0 Å². The van der Waals surface area contributed by atoms with E-state index in [0.29, 0.717) is 11.9 Å². The molecule has 0 radical (unpaired) electrons. The second-order valence-electron chi connectivity index (χ2n) is 5.99. The molecule has 2 heterocycles. The van der Waals surface area contributed by atoms with E-state index in [1.807, 2.05) is 19.1 Å². The van der Waals surface area contributed by atoms with Crippen molar-refractivity contribution in [1.29, 1.82) is 0 Å². The summed E-state index contributed by atoms with van der Waals surface area (Å²) in [5.41, 5.74) is 2.18. The Hall–Kier alpha value is -0.580. The minimum atomic E-state index is -0.652. The van der Waals surface area contributed by atoms with Crippen LogP contribution >= 0.6 is 15.9 Å². The molecule has 0 N–H and O–H groups in total. The fraction of sp³-hybridized carbons (Fsp3) is 0.600. The van der Waals surface area contributed by atoms with E-state index in [0.717, 1.165) is 17.7 Å². The van der Waals surface area contributed by atoms with Gasteiger partial charge < -0.3 is 14.2 Å². The van der Waals surface area contributed by atoms with Crippen molar-refractivity contribution < 1.29 is 14.2 Å². The summed E-state index contributed by atoms with van der Waals surface area (Å²) in [6, 6.07) is 6.22. The van der Waals surface area contributed by atoms with E-state index >= 15 is 0 Å². The van der Waals surface area contributed by atoms with Gasteiger partial charge in [0.1, 0.15) is 11.4 Å². The Kier molecular flexibility index (Phi) is 3.15. The van der Waals surface area contributed by atoms with Crippen LogP contribution < -0.4 is 4.74 Å². The molecule has 2 atom stereocenters. The molecule has 3 nitrogen and oxygen atoms in total. The molecular formula is C15H19BrO3. The third-order valence-corrected chi connectivity index (χ3v) is 4.36. The molecule has 2 aliphatic heterocycles. The van der Waals surface area contributed by atoms with Gasteiger partial charge in [-0.1, -0.05) is 15.9 Å². The van der Waals surface area contributed by atoms with Crippen molar-refractivity contribution in [3.8, 4) is 5.75 Å². The molecule has 4 heteroatoms. The second kappa shape index (κ2) is 4.47. The fourth-order valence-electron chi connectivity index (χ4n) is 2.79. The van der Waals surface area contributed by atoms with E-state index in [9.17, 15) is 0 Å². The van der Waals surface area contributed by atoms with Gasteiger partial charge >= 0.3 is 0 Å². The van der Waals surface area contributed by atoms with Crippen molar-refractivity contribution >= 4 is 15.9 Å². The molecule has 0 aromatic heterocycles. The van der Waals surface area contributed by atoms with Gasteiger partial charge in [-0.3, -0.25) is 0 Å². The largest absolute Gasteiger partial charge is 0.487 e. The Morgan fingerprint density at radius 1 is 1.37 bits per heavy atom. The highest BCUT2D eigenvalue weighted by Gasteiger charge is 2.42. The zero-order valence-electron chi connectivity index (χ0n) is 11.5. The van der Waals surface area contributed by atoms with Crippen LogP contribution in [0.1, 0.15) is 31.9 Å². The lowest BCUT2D eigenvalue weighted by Crippen LogP contribution is -2.29. The lowest BCUT2D eigenvalue weighted by molar-refractivity contribution is -0.154. The smallest absolute Gasteiger partial charge is 0.205 e. The highest BCUT2D eigenvalue weighted by atomic mass is 79.9. The van der Waals surface area contributed by atoms with Crippen LogP contribution in [0.15, 0.2) is 18.2 Å². The average Bonchev–Trinajstić information content (AvgIpc) is 2.87. The molecular weight excluding hydrogens is 308 g/mol. The van der Waals surface area contributed by atoms with Gasteiger partial charge in [-0.15, -0.1) is 0 Å². The molecule has 104 valence electrons. The lowest BCUT2D eigenvalue weighted by atomic mass is 9.98. The van der Waals surface area contributed by atoms with Crippen molar-refractivity contribution in [1.82, 2.24) is 0 Å². The molecule has 0 spiro atoms. The van der Waals surface area contributed by atoms with E-state index in [-0.39, 0.29) is 11.7 Å². The van der Waals surface area contributed by atoms with Crippen LogP contribution in [-0.2, 0) is 21.7 Å². The molecule has 0 bridgehead atoms. The Bertz CT molecular complexity index is 500. The van der Waals surface area contributed by atoms with Gasteiger partial charge in [0.25, 0.3) is 0 Å². The van der Waals surface area contributed by atoms with Crippen LogP contribution in [0, 0.1) is 0 Å². The summed E-state index contributed by atoms with van der Waals surface area (Å²) in [6.07, 6.45) is 1.04. The van der Waals surface area contributed by atoms with E-state index in [1.54, 1.807) is 0 Å². The number of rotatable bonds is 2. The predicted octanol–water partition coefficient (Wildman–Crippen LogP) is 3.38. The Balaban J connectivity index is 1.95. The predicted molar refractivity (Wildman–Crippen MR) is 76.8 cm³/mol. The zero-order chi connectivity index (χ0) is 13.7. The van der Waals surface area contributed by atoms with Crippen molar-refractivity contribution in [2.45, 2.75) is 44.7 Å². The summed E-state index contributed by atoms with van der Waals surface area (Å²) in [6.45, 7) is 6.88. The van der Waals surface area contributed by atoms with E-state index in [1.165, 1.54) is 5.56 Å². The average molecular weight is 327 g/mol. The van der Waals surface area contributed by atoms with Gasteiger partial charge in [0, 0.05) is 12.0 Å². The summed E-state index contributed by atoms with van der Waals surface area (Å²) in [4.78, 5) is 0. The first-order chi connectivity index (χ1) is 8.94. The molecule has 2 unspecified atom stereocenters. The molecule has 0 aliphatic carbocycles. The van der Waals surface area contributed by atoms with Crippen molar-refractivity contribution in [3.63, 3.8) is 0 Å². The number of alkyl halides is 1. The highest BCUT2D eigenvalue weighted by Crippen LogP contribution is 2.41. The molecule has 3 rings (SSSR count). The number of fused-ring (bicyclic) bond motifs is 1. The van der Waals surface area contributed by atoms with Crippen LogP contribution in [0.5, 0.6) is 5.75 Å². The number of ether oxygens (including phenoxy) is 3. The van der Waals surface area contributed by atoms with Crippen molar-refractivity contribution in [2.24, 2.45) is 0 Å². The van der Waals surface area contributed by atoms with Crippen LogP contribution in [0.25, 0.3) is 0 Å². The maximum absolute atomic E-state index is 5.99. The van der Waals surface area contributed by atoms with Gasteiger partial charge in [-0.2, -0.15) is 0 Å². The van der Waals surface area contributed by atoms with Crippen molar-refractivity contribution in [3.05, 3.63) is 29.3 Å². The first kappa shape index (κ1) is 13.4. The maximum atomic E-state index is 5.99. The zero-order valence-corrected chi connectivity index (χ0v) is 13.1.